The zero-order valence-electron chi connectivity index (χ0n) is 26.1. The number of ether oxygens (including phenoxy) is 2. The Balaban J connectivity index is 1.36. The molecule has 1 saturated heterocycles. The number of fused-ring (bicyclic) bond motifs is 7. The fourth-order valence-electron chi connectivity index (χ4n) is 12.2. The average Bonchev–Trinajstić information content (AvgIpc) is 3.31. The maximum atomic E-state index is 13.3. The van der Waals surface area contributed by atoms with Crippen molar-refractivity contribution in [2.24, 2.45) is 56.7 Å². The standard InChI is InChI=1S/C36H53NO3/c1-23(2)25-13-16-36(22-40-29-10-8-9-19-39-29)18-17-34(6)26(30(25)36)11-12-28-33(5)20-24(21-37)31(38)32(3,4)27(33)14-15-35(28,34)7/h20,25-30H,1,8-19,22H2,2-7H3/t25-,26+,27-,28+,29?,30+,33-,34+,35+,36+/m0/s1. The Hall–Kier alpha value is -1.44. The van der Waals surface area contributed by atoms with Crippen LogP contribution in [-0.2, 0) is 14.3 Å². The van der Waals surface area contributed by atoms with E-state index >= 15 is 0 Å². The molecule has 0 aromatic heterocycles. The lowest BCUT2D eigenvalue weighted by atomic mass is 9.33. The first-order chi connectivity index (χ1) is 18.8. The smallest absolute Gasteiger partial charge is 0.178 e. The minimum Gasteiger partial charge on any atom is -0.353 e. The van der Waals surface area contributed by atoms with Gasteiger partial charge in [0.2, 0.25) is 0 Å². The van der Waals surface area contributed by atoms with E-state index in [1.807, 2.05) is 0 Å². The number of rotatable bonds is 4. The molecular weight excluding hydrogens is 494 g/mol. The lowest BCUT2D eigenvalue weighted by Crippen LogP contribution is -2.66. The average molecular weight is 548 g/mol. The third kappa shape index (κ3) is 3.78. The number of nitriles is 1. The fourth-order valence-corrected chi connectivity index (χ4v) is 12.2. The molecule has 6 rings (SSSR count). The Bertz CT molecular complexity index is 1140. The Kier molecular flexibility index (Phi) is 6.83. The zero-order chi connectivity index (χ0) is 28.7. The highest BCUT2D eigenvalue weighted by molar-refractivity contribution is 6.04. The summed E-state index contributed by atoms with van der Waals surface area (Å²) in [5.74, 6) is 2.68. The first kappa shape index (κ1) is 28.7. The van der Waals surface area contributed by atoms with Crippen molar-refractivity contribution in [2.75, 3.05) is 13.2 Å². The topological polar surface area (TPSA) is 59.3 Å². The van der Waals surface area contributed by atoms with Crippen molar-refractivity contribution in [1.82, 2.24) is 0 Å². The van der Waals surface area contributed by atoms with Gasteiger partial charge >= 0.3 is 0 Å². The monoisotopic (exact) mass is 547 g/mol. The first-order valence-corrected chi connectivity index (χ1v) is 16.4. The van der Waals surface area contributed by atoms with Crippen LogP contribution in [0.4, 0.5) is 0 Å². The van der Waals surface area contributed by atoms with E-state index in [1.165, 1.54) is 56.9 Å². The van der Waals surface area contributed by atoms with Crippen LogP contribution in [0.3, 0.4) is 0 Å². The van der Waals surface area contributed by atoms with Gasteiger partial charge in [0.15, 0.2) is 12.1 Å². The lowest BCUT2D eigenvalue weighted by molar-refractivity contribution is -0.235. The molecule has 4 nitrogen and oxygen atoms in total. The van der Waals surface area contributed by atoms with Gasteiger partial charge in [0.25, 0.3) is 0 Å². The Labute approximate surface area is 243 Å². The lowest BCUT2D eigenvalue weighted by Gasteiger charge is -2.71. The second kappa shape index (κ2) is 9.54. The van der Waals surface area contributed by atoms with Gasteiger partial charge in [0, 0.05) is 12.0 Å². The Morgan fingerprint density at radius 2 is 1.77 bits per heavy atom. The normalized spacial score (nSPS) is 49.5. The molecule has 0 bridgehead atoms. The Morgan fingerprint density at radius 3 is 2.45 bits per heavy atom. The van der Waals surface area contributed by atoms with E-state index in [-0.39, 0.29) is 33.7 Å². The molecule has 0 amide bonds. The number of hydrogen-bond donors (Lipinski definition) is 0. The van der Waals surface area contributed by atoms with Crippen LogP contribution >= 0.6 is 0 Å². The highest BCUT2D eigenvalue weighted by Gasteiger charge is 2.70. The summed E-state index contributed by atoms with van der Waals surface area (Å²) in [4.78, 5) is 13.3. The number of allylic oxidation sites excluding steroid dienone is 3. The van der Waals surface area contributed by atoms with Crippen LogP contribution in [0.1, 0.15) is 112 Å². The highest BCUT2D eigenvalue weighted by atomic mass is 16.7. The van der Waals surface area contributed by atoms with Gasteiger partial charge in [0.05, 0.1) is 12.2 Å². The van der Waals surface area contributed by atoms with Gasteiger partial charge in [-0.15, -0.1) is 0 Å². The van der Waals surface area contributed by atoms with Crippen molar-refractivity contribution in [2.45, 2.75) is 118 Å². The molecule has 0 N–H and O–H groups in total. The largest absolute Gasteiger partial charge is 0.353 e. The molecule has 6 aliphatic rings. The Morgan fingerprint density at radius 1 is 1.00 bits per heavy atom. The molecule has 5 aliphatic carbocycles. The molecular formula is C36H53NO3. The molecule has 4 saturated carbocycles. The van der Waals surface area contributed by atoms with Crippen molar-refractivity contribution in [3.05, 3.63) is 23.8 Å². The summed E-state index contributed by atoms with van der Waals surface area (Å²) >= 11 is 0. The van der Waals surface area contributed by atoms with Gasteiger partial charge in [0.1, 0.15) is 6.07 Å². The minimum absolute atomic E-state index is 0.0251. The molecule has 40 heavy (non-hydrogen) atoms. The van der Waals surface area contributed by atoms with Crippen LogP contribution in [0.5, 0.6) is 0 Å². The number of hydrogen-bond acceptors (Lipinski definition) is 4. The molecule has 0 radical (unpaired) electrons. The predicted octanol–water partition coefficient (Wildman–Crippen LogP) is 8.43. The zero-order valence-corrected chi connectivity index (χ0v) is 26.1. The van der Waals surface area contributed by atoms with Crippen LogP contribution in [-0.4, -0.2) is 25.3 Å². The molecule has 4 heteroatoms. The first-order valence-electron chi connectivity index (χ1n) is 16.4. The van der Waals surface area contributed by atoms with E-state index in [0.717, 1.165) is 32.5 Å². The number of carbonyl (C=O) groups is 1. The van der Waals surface area contributed by atoms with Gasteiger partial charge in [-0.1, -0.05) is 52.8 Å². The molecule has 0 aromatic rings. The van der Waals surface area contributed by atoms with E-state index < -0.39 is 5.41 Å². The summed E-state index contributed by atoms with van der Waals surface area (Å²) in [5.41, 5.74) is 1.80. The van der Waals surface area contributed by atoms with Crippen molar-refractivity contribution >= 4 is 5.78 Å². The van der Waals surface area contributed by atoms with Crippen LogP contribution in [0.25, 0.3) is 0 Å². The maximum absolute atomic E-state index is 13.3. The summed E-state index contributed by atoms with van der Waals surface area (Å²) in [7, 11) is 0. The van der Waals surface area contributed by atoms with Crippen molar-refractivity contribution in [3.63, 3.8) is 0 Å². The molecule has 1 unspecified atom stereocenters. The van der Waals surface area contributed by atoms with E-state index in [4.69, 9.17) is 9.47 Å². The van der Waals surface area contributed by atoms with Crippen LogP contribution in [0.2, 0.25) is 0 Å². The van der Waals surface area contributed by atoms with E-state index in [1.54, 1.807) is 0 Å². The van der Waals surface area contributed by atoms with Crippen LogP contribution in [0.15, 0.2) is 23.8 Å². The van der Waals surface area contributed by atoms with Crippen LogP contribution in [0, 0.1) is 68.0 Å². The summed E-state index contributed by atoms with van der Waals surface area (Å²) in [6.45, 7) is 20.4. The van der Waals surface area contributed by atoms with Crippen molar-refractivity contribution < 1.29 is 14.3 Å². The fraction of sp³-hybridized carbons (Fsp3) is 0.833. The van der Waals surface area contributed by atoms with Gasteiger partial charge in [-0.25, -0.2) is 0 Å². The molecule has 5 fully saturated rings. The molecule has 10 atom stereocenters. The number of Topliss-reactive ketones (excluding diaryl/α,β-unsaturated/α-hetero) is 1. The third-order valence-corrected chi connectivity index (χ3v) is 14.4. The van der Waals surface area contributed by atoms with Gasteiger partial charge in [-0.2, -0.15) is 5.26 Å². The van der Waals surface area contributed by atoms with E-state index in [9.17, 15) is 10.1 Å². The third-order valence-electron chi connectivity index (χ3n) is 14.4. The van der Waals surface area contributed by atoms with Crippen LogP contribution < -0.4 is 0 Å². The van der Waals surface area contributed by atoms with Gasteiger partial charge < -0.3 is 9.47 Å². The number of ketones is 1. The second-order valence-electron chi connectivity index (χ2n) is 16.2. The summed E-state index contributed by atoms with van der Waals surface area (Å²) in [6.07, 6.45) is 15.2. The van der Waals surface area contributed by atoms with E-state index in [2.05, 4.69) is 60.3 Å². The second-order valence-corrected chi connectivity index (χ2v) is 16.2. The quantitative estimate of drug-likeness (QED) is 0.331. The highest BCUT2D eigenvalue weighted by Crippen LogP contribution is 2.77. The van der Waals surface area contributed by atoms with Crippen molar-refractivity contribution in [3.8, 4) is 6.07 Å². The van der Waals surface area contributed by atoms with Gasteiger partial charge in [-0.3, -0.25) is 4.79 Å². The predicted molar refractivity (Wildman–Crippen MR) is 158 cm³/mol. The van der Waals surface area contributed by atoms with Crippen molar-refractivity contribution in [1.29, 1.82) is 5.26 Å². The summed E-state index contributed by atoms with van der Waals surface area (Å²) in [5, 5.41) is 9.99. The molecule has 1 aliphatic heterocycles. The number of carbonyl (C=O) groups excluding carboxylic acids is 1. The number of nitrogens with zero attached hydrogens (tertiary/aromatic N) is 1. The minimum atomic E-state index is -0.482. The SMILES string of the molecule is C=C(C)[C@@H]1CC[C@]2(COC3CCCCO3)CC[C@]3(C)[C@H](CC[C@@H]4[C@@]5(C)C=C(C#N)C(=O)C(C)(C)[C@@H]5CC[C@]43C)[C@@H]12. The molecule has 0 aromatic carbocycles. The summed E-state index contributed by atoms with van der Waals surface area (Å²) < 4.78 is 12.6. The maximum Gasteiger partial charge on any atom is 0.178 e. The molecule has 220 valence electrons. The molecule has 0 spiro atoms. The van der Waals surface area contributed by atoms with Gasteiger partial charge in [-0.05, 0) is 129 Å². The van der Waals surface area contributed by atoms with E-state index in [0.29, 0.717) is 35.2 Å². The molecule has 1 heterocycles. The summed E-state index contributed by atoms with van der Waals surface area (Å²) in [6, 6.07) is 2.31.